The summed E-state index contributed by atoms with van der Waals surface area (Å²) in [6, 6.07) is 10.8. The highest BCUT2D eigenvalue weighted by Crippen LogP contribution is 2.20. The van der Waals surface area contributed by atoms with Crippen LogP contribution in [-0.2, 0) is 17.6 Å². The van der Waals surface area contributed by atoms with Crippen LogP contribution in [0.3, 0.4) is 0 Å². The molecule has 108 valence electrons. The van der Waals surface area contributed by atoms with Gasteiger partial charge in [-0.15, -0.1) is 11.3 Å². The van der Waals surface area contributed by atoms with Crippen LogP contribution in [-0.4, -0.2) is 25.2 Å². The fourth-order valence-electron chi connectivity index (χ4n) is 2.15. The van der Waals surface area contributed by atoms with E-state index in [0.717, 1.165) is 23.5 Å². The van der Waals surface area contributed by atoms with Crippen molar-refractivity contribution >= 4 is 11.3 Å². The van der Waals surface area contributed by atoms with Crippen molar-refractivity contribution in [3.63, 3.8) is 0 Å². The van der Waals surface area contributed by atoms with Gasteiger partial charge in [-0.2, -0.15) is 0 Å². The van der Waals surface area contributed by atoms with Gasteiger partial charge in [-0.3, -0.25) is 0 Å². The number of rotatable bonds is 7. The fraction of sp³-hybridized carbons (Fsp3) is 0.438. The van der Waals surface area contributed by atoms with E-state index < -0.39 is 0 Å². The van der Waals surface area contributed by atoms with Crippen molar-refractivity contribution in [1.82, 2.24) is 10.3 Å². The summed E-state index contributed by atoms with van der Waals surface area (Å²) in [5, 5.41) is 6.68. The van der Waals surface area contributed by atoms with E-state index >= 15 is 0 Å². The summed E-state index contributed by atoms with van der Waals surface area (Å²) in [5.74, 6) is 0. The lowest BCUT2D eigenvalue weighted by atomic mass is 10.0. The van der Waals surface area contributed by atoms with Crippen molar-refractivity contribution in [2.45, 2.75) is 31.9 Å². The molecule has 0 fully saturated rings. The molecule has 3 nitrogen and oxygen atoms in total. The highest BCUT2D eigenvalue weighted by atomic mass is 32.1. The highest BCUT2D eigenvalue weighted by Gasteiger charge is 2.13. The zero-order valence-corrected chi connectivity index (χ0v) is 13.1. The molecule has 1 heterocycles. The molecule has 0 aliphatic heterocycles. The second kappa shape index (κ2) is 7.53. The van der Waals surface area contributed by atoms with Crippen molar-refractivity contribution < 1.29 is 4.74 Å². The molecule has 0 saturated carbocycles. The van der Waals surface area contributed by atoms with Crippen molar-refractivity contribution in [2.75, 3.05) is 14.2 Å². The average Bonchev–Trinajstić information content (AvgIpc) is 2.92. The van der Waals surface area contributed by atoms with E-state index in [2.05, 4.69) is 41.9 Å². The summed E-state index contributed by atoms with van der Waals surface area (Å²) in [6.45, 7) is 2.07. The number of nitrogens with one attached hydrogen (secondary N) is 1. The van der Waals surface area contributed by atoms with Gasteiger partial charge in [-0.1, -0.05) is 30.3 Å². The monoisotopic (exact) mass is 290 g/mol. The molecule has 0 aliphatic carbocycles. The third kappa shape index (κ3) is 4.13. The lowest BCUT2D eigenvalue weighted by Gasteiger charge is -2.15. The minimum Gasteiger partial charge on any atom is -0.381 e. The van der Waals surface area contributed by atoms with E-state index in [1.807, 2.05) is 13.1 Å². The van der Waals surface area contributed by atoms with Gasteiger partial charge in [0.1, 0.15) is 0 Å². The third-order valence-electron chi connectivity index (χ3n) is 3.43. The highest BCUT2D eigenvalue weighted by molar-refractivity contribution is 7.09. The SMILES string of the molecule is CNC(Cc1csc(CC(C)OC)n1)c1ccccc1. The van der Waals surface area contributed by atoms with Gasteiger partial charge in [0.15, 0.2) is 0 Å². The first-order valence-electron chi connectivity index (χ1n) is 6.91. The van der Waals surface area contributed by atoms with Gasteiger partial charge in [-0.25, -0.2) is 4.98 Å². The minimum atomic E-state index is 0.225. The van der Waals surface area contributed by atoms with Crippen LogP contribution >= 0.6 is 11.3 Å². The Morgan fingerprint density at radius 1 is 1.25 bits per heavy atom. The summed E-state index contributed by atoms with van der Waals surface area (Å²) in [5.41, 5.74) is 2.45. The van der Waals surface area contributed by atoms with Crippen LogP contribution in [0, 0.1) is 0 Å². The quantitative estimate of drug-likeness (QED) is 0.850. The molecule has 0 aliphatic rings. The number of nitrogens with zero attached hydrogens (tertiary/aromatic N) is 1. The van der Waals surface area contributed by atoms with Gasteiger partial charge >= 0.3 is 0 Å². The summed E-state index contributed by atoms with van der Waals surface area (Å²) in [7, 11) is 3.74. The van der Waals surface area contributed by atoms with E-state index in [4.69, 9.17) is 9.72 Å². The fourth-order valence-corrected chi connectivity index (χ4v) is 3.07. The smallest absolute Gasteiger partial charge is 0.0954 e. The number of benzene rings is 1. The molecular formula is C16H22N2OS. The average molecular weight is 290 g/mol. The summed E-state index contributed by atoms with van der Waals surface area (Å²) < 4.78 is 5.29. The van der Waals surface area contributed by atoms with Crippen LogP contribution < -0.4 is 5.32 Å². The zero-order valence-electron chi connectivity index (χ0n) is 12.3. The Bertz CT molecular complexity index is 512. The summed E-state index contributed by atoms with van der Waals surface area (Å²) in [4.78, 5) is 4.71. The normalized spacial score (nSPS) is 14.2. The van der Waals surface area contributed by atoms with Crippen LogP contribution in [0.25, 0.3) is 0 Å². The lowest BCUT2D eigenvalue weighted by Crippen LogP contribution is -2.19. The molecular weight excluding hydrogens is 268 g/mol. The molecule has 20 heavy (non-hydrogen) atoms. The topological polar surface area (TPSA) is 34.1 Å². The maximum Gasteiger partial charge on any atom is 0.0954 e. The molecule has 0 saturated heterocycles. The third-order valence-corrected chi connectivity index (χ3v) is 4.35. The van der Waals surface area contributed by atoms with Gasteiger partial charge in [0, 0.05) is 31.4 Å². The minimum absolute atomic E-state index is 0.225. The number of hydrogen-bond acceptors (Lipinski definition) is 4. The summed E-state index contributed by atoms with van der Waals surface area (Å²) in [6.07, 6.45) is 2.03. The molecule has 0 bridgehead atoms. The van der Waals surface area contributed by atoms with E-state index in [9.17, 15) is 0 Å². The second-order valence-corrected chi connectivity index (χ2v) is 5.88. The number of hydrogen-bond donors (Lipinski definition) is 1. The van der Waals surface area contributed by atoms with E-state index in [1.165, 1.54) is 5.56 Å². The number of likely N-dealkylation sites (N-methyl/N-ethyl adjacent to an activating group) is 1. The van der Waals surface area contributed by atoms with Gasteiger partial charge in [-0.05, 0) is 19.5 Å². The Morgan fingerprint density at radius 3 is 2.65 bits per heavy atom. The Hall–Kier alpha value is -1.23. The standard InChI is InChI=1S/C16H22N2OS/c1-12(19-3)9-16-18-14(11-20-16)10-15(17-2)13-7-5-4-6-8-13/h4-8,11-12,15,17H,9-10H2,1-3H3. The van der Waals surface area contributed by atoms with Crippen LogP contribution in [0.15, 0.2) is 35.7 Å². The maximum absolute atomic E-state index is 5.29. The lowest BCUT2D eigenvalue weighted by molar-refractivity contribution is 0.118. The predicted molar refractivity (Wildman–Crippen MR) is 84.2 cm³/mol. The molecule has 2 rings (SSSR count). The first kappa shape index (κ1) is 15.2. The largest absolute Gasteiger partial charge is 0.381 e. The Kier molecular flexibility index (Phi) is 5.71. The predicted octanol–water partition coefficient (Wildman–Crippen LogP) is 3.22. The molecule has 0 radical (unpaired) electrons. The molecule has 1 aromatic heterocycles. The first-order chi connectivity index (χ1) is 9.72. The zero-order chi connectivity index (χ0) is 14.4. The molecule has 1 aromatic carbocycles. The molecule has 0 amide bonds. The van der Waals surface area contributed by atoms with Crippen LogP contribution in [0.1, 0.15) is 29.2 Å². The second-order valence-electron chi connectivity index (χ2n) is 4.94. The molecule has 4 heteroatoms. The van der Waals surface area contributed by atoms with Crippen LogP contribution in [0.4, 0.5) is 0 Å². The van der Waals surface area contributed by atoms with E-state index in [-0.39, 0.29) is 6.10 Å². The molecule has 2 aromatic rings. The number of methoxy groups -OCH3 is 1. The van der Waals surface area contributed by atoms with Crippen molar-refractivity contribution in [1.29, 1.82) is 0 Å². The first-order valence-corrected chi connectivity index (χ1v) is 7.79. The van der Waals surface area contributed by atoms with Crippen molar-refractivity contribution in [3.05, 3.63) is 52.0 Å². The van der Waals surface area contributed by atoms with Gasteiger partial charge in [0.2, 0.25) is 0 Å². The molecule has 2 atom stereocenters. The van der Waals surface area contributed by atoms with Gasteiger partial charge in [0.05, 0.1) is 16.8 Å². The van der Waals surface area contributed by atoms with Crippen molar-refractivity contribution in [2.24, 2.45) is 0 Å². The molecule has 2 unspecified atom stereocenters. The molecule has 0 spiro atoms. The van der Waals surface area contributed by atoms with Crippen LogP contribution in [0.2, 0.25) is 0 Å². The number of ether oxygens (including phenoxy) is 1. The van der Waals surface area contributed by atoms with Gasteiger partial charge in [0.25, 0.3) is 0 Å². The van der Waals surface area contributed by atoms with E-state index in [0.29, 0.717) is 6.04 Å². The van der Waals surface area contributed by atoms with Crippen molar-refractivity contribution in [3.8, 4) is 0 Å². The van der Waals surface area contributed by atoms with E-state index in [1.54, 1.807) is 18.4 Å². The summed E-state index contributed by atoms with van der Waals surface area (Å²) >= 11 is 1.72. The Balaban J connectivity index is 2.01. The number of aromatic nitrogens is 1. The van der Waals surface area contributed by atoms with Gasteiger partial charge < -0.3 is 10.1 Å². The Labute approximate surface area is 125 Å². The number of thiazole rings is 1. The maximum atomic E-state index is 5.29. The molecule has 1 N–H and O–H groups in total. The van der Waals surface area contributed by atoms with Crippen LogP contribution in [0.5, 0.6) is 0 Å². The Morgan fingerprint density at radius 2 is 2.00 bits per heavy atom.